The predicted octanol–water partition coefficient (Wildman–Crippen LogP) is -3.63. The standard InChI is InChI=1S/C20H35N7O8/c1-11(29)16-19(34)27-26-18(33)12(9-14(21)30)23-20(35)24-13(10-28)17(32)22-8-6-4-2-3-5-7-15(31)25-16/h11-13,16,28-29H,2-10H2,1H3,(H2,21,30)(H,22,32)(H,25,31)(H,26,33)(H,27,34)(H2,23,24,35)/t11?,12-,13-,16-/m1/s1. The molecule has 0 spiro atoms. The van der Waals surface area contributed by atoms with Crippen LogP contribution in [0.3, 0.4) is 0 Å². The molecular formula is C20H35N7O8. The summed E-state index contributed by atoms with van der Waals surface area (Å²) < 4.78 is 0. The van der Waals surface area contributed by atoms with Crippen molar-refractivity contribution in [3.8, 4) is 0 Å². The number of amides is 7. The molecule has 7 amide bonds. The minimum atomic E-state index is -1.55. The molecule has 0 radical (unpaired) electrons. The molecule has 1 aliphatic heterocycles. The highest BCUT2D eigenvalue weighted by Gasteiger charge is 2.29. The topological polar surface area (TPSA) is 241 Å². The van der Waals surface area contributed by atoms with E-state index < -0.39 is 72.8 Å². The van der Waals surface area contributed by atoms with Gasteiger partial charge in [0.25, 0.3) is 11.8 Å². The number of rotatable bonds is 4. The van der Waals surface area contributed by atoms with E-state index in [1.165, 1.54) is 6.92 Å². The van der Waals surface area contributed by atoms with Crippen molar-refractivity contribution in [2.24, 2.45) is 5.73 Å². The van der Waals surface area contributed by atoms with E-state index in [0.29, 0.717) is 19.4 Å². The highest BCUT2D eigenvalue weighted by atomic mass is 16.3. The number of aliphatic hydroxyl groups excluding tert-OH is 2. The largest absolute Gasteiger partial charge is 0.394 e. The van der Waals surface area contributed by atoms with Crippen molar-refractivity contribution in [2.45, 2.75) is 76.1 Å². The number of urea groups is 1. The van der Waals surface area contributed by atoms with Crippen LogP contribution in [0.15, 0.2) is 0 Å². The maximum absolute atomic E-state index is 12.5. The van der Waals surface area contributed by atoms with Gasteiger partial charge in [-0.3, -0.25) is 34.8 Å². The minimum Gasteiger partial charge on any atom is -0.394 e. The average molecular weight is 502 g/mol. The third-order valence-electron chi connectivity index (χ3n) is 5.10. The van der Waals surface area contributed by atoms with Crippen molar-refractivity contribution in [2.75, 3.05) is 13.2 Å². The average Bonchev–Trinajstić information content (AvgIpc) is 2.79. The number of primary amides is 1. The molecule has 1 fully saturated rings. The number of nitrogens with two attached hydrogens (primary N) is 1. The van der Waals surface area contributed by atoms with Gasteiger partial charge in [0.1, 0.15) is 18.1 Å². The molecule has 1 heterocycles. The quantitative estimate of drug-likeness (QED) is 0.186. The highest BCUT2D eigenvalue weighted by Crippen LogP contribution is 2.06. The summed E-state index contributed by atoms with van der Waals surface area (Å²) in [5.41, 5.74) is 9.13. The number of nitrogens with one attached hydrogen (secondary N) is 6. The monoisotopic (exact) mass is 501 g/mol. The molecule has 1 rings (SSSR count). The second-order valence-corrected chi connectivity index (χ2v) is 8.15. The van der Waals surface area contributed by atoms with Gasteiger partial charge in [-0.25, -0.2) is 4.79 Å². The number of hydrazine groups is 1. The lowest BCUT2D eigenvalue weighted by Gasteiger charge is -2.23. The van der Waals surface area contributed by atoms with E-state index in [4.69, 9.17) is 5.73 Å². The Hall–Kier alpha value is -3.46. The molecule has 0 aromatic heterocycles. The summed E-state index contributed by atoms with van der Waals surface area (Å²) in [6.45, 7) is 0.863. The lowest BCUT2D eigenvalue weighted by molar-refractivity contribution is -0.135. The van der Waals surface area contributed by atoms with Gasteiger partial charge in [0.05, 0.1) is 19.1 Å². The molecule has 1 saturated heterocycles. The Labute approximate surface area is 202 Å². The summed E-state index contributed by atoms with van der Waals surface area (Å²) in [7, 11) is 0. The molecule has 4 atom stereocenters. The minimum absolute atomic E-state index is 0.121. The maximum atomic E-state index is 12.5. The number of hydrogen-bond acceptors (Lipinski definition) is 8. The normalized spacial score (nSPS) is 25.3. The molecule has 1 aliphatic rings. The lowest BCUT2D eigenvalue weighted by Crippen LogP contribution is -2.60. The third-order valence-corrected chi connectivity index (χ3v) is 5.10. The van der Waals surface area contributed by atoms with E-state index in [1.54, 1.807) is 0 Å². The Morgan fingerprint density at radius 3 is 2.14 bits per heavy atom. The van der Waals surface area contributed by atoms with Crippen LogP contribution in [0.1, 0.15) is 51.9 Å². The lowest BCUT2D eigenvalue weighted by atomic mass is 10.1. The van der Waals surface area contributed by atoms with Crippen molar-refractivity contribution >= 4 is 35.6 Å². The molecule has 10 N–H and O–H groups in total. The molecule has 0 bridgehead atoms. The van der Waals surface area contributed by atoms with Crippen LogP contribution in [0.25, 0.3) is 0 Å². The number of hydrogen-bond donors (Lipinski definition) is 9. The van der Waals surface area contributed by atoms with Crippen LogP contribution < -0.4 is 37.9 Å². The van der Waals surface area contributed by atoms with Gasteiger partial charge in [-0.2, -0.15) is 0 Å². The van der Waals surface area contributed by atoms with Crippen LogP contribution in [0.4, 0.5) is 4.79 Å². The van der Waals surface area contributed by atoms with E-state index in [2.05, 4.69) is 21.3 Å². The molecule has 1 unspecified atom stereocenters. The first-order valence-electron chi connectivity index (χ1n) is 11.4. The van der Waals surface area contributed by atoms with Crippen molar-refractivity contribution in [1.29, 1.82) is 0 Å². The van der Waals surface area contributed by atoms with Crippen LogP contribution in [0, 0.1) is 0 Å². The van der Waals surface area contributed by atoms with Gasteiger partial charge in [0, 0.05) is 13.0 Å². The summed E-state index contributed by atoms with van der Waals surface area (Å²) >= 11 is 0. The van der Waals surface area contributed by atoms with Gasteiger partial charge in [-0.05, 0) is 19.8 Å². The van der Waals surface area contributed by atoms with Crippen molar-refractivity contribution < 1.29 is 39.0 Å². The van der Waals surface area contributed by atoms with E-state index >= 15 is 0 Å². The Kier molecular flexibility index (Phi) is 13.0. The summed E-state index contributed by atoms with van der Waals surface area (Å²) in [5, 5.41) is 28.6. The first-order chi connectivity index (χ1) is 16.5. The van der Waals surface area contributed by atoms with Gasteiger partial charge in [0.15, 0.2) is 0 Å². The zero-order chi connectivity index (χ0) is 26.4. The molecular weight excluding hydrogens is 466 g/mol. The molecule has 198 valence electrons. The molecule has 15 nitrogen and oxygen atoms in total. The van der Waals surface area contributed by atoms with E-state index in [9.17, 15) is 39.0 Å². The van der Waals surface area contributed by atoms with E-state index in [0.717, 1.165) is 19.3 Å². The Balaban J connectivity index is 2.99. The van der Waals surface area contributed by atoms with Gasteiger partial charge < -0.3 is 37.2 Å². The Morgan fingerprint density at radius 1 is 0.914 bits per heavy atom. The van der Waals surface area contributed by atoms with Crippen LogP contribution in [0.5, 0.6) is 0 Å². The smallest absolute Gasteiger partial charge is 0.316 e. The van der Waals surface area contributed by atoms with E-state index in [1.807, 2.05) is 10.9 Å². The van der Waals surface area contributed by atoms with Gasteiger partial charge in [-0.15, -0.1) is 0 Å². The fraction of sp³-hybridized carbons (Fsp3) is 0.700. The number of carbonyl (C=O) groups excluding carboxylic acids is 6. The molecule has 0 aromatic carbocycles. The fourth-order valence-electron chi connectivity index (χ4n) is 3.18. The Morgan fingerprint density at radius 2 is 1.51 bits per heavy atom. The van der Waals surface area contributed by atoms with Crippen molar-refractivity contribution in [3.63, 3.8) is 0 Å². The summed E-state index contributed by atoms with van der Waals surface area (Å²) in [4.78, 5) is 72.9. The van der Waals surface area contributed by atoms with Crippen LogP contribution in [-0.4, -0.2) is 83.2 Å². The van der Waals surface area contributed by atoms with Gasteiger partial charge in [-0.1, -0.05) is 19.3 Å². The zero-order valence-corrected chi connectivity index (χ0v) is 19.6. The maximum Gasteiger partial charge on any atom is 0.316 e. The van der Waals surface area contributed by atoms with Gasteiger partial charge in [0.2, 0.25) is 17.7 Å². The fourth-order valence-corrected chi connectivity index (χ4v) is 3.18. The van der Waals surface area contributed by atoms with Crippen molar-refractivity contribution in [3.05, 3.63) is 0 Å². The van der Waals surface area contributed by atoms with Crippen LogP contribution in [0.2, 0.25) is 0 Å². The first-order valence-corrected chi connectivity index (χ1v) is 11.4. The number of carbonyl (C=O) groups is 6. The molecule has 35 heavy (non-hydrogen) atoms. The number of aliphatic hydroxyl groups is 2. The van der Waals surface area contributed by atoms with Crippen LogP contribution >= 0.6 is 0 Å². The SMILES string of the molecule is CC(O)[C@H]1NC(=O)CCCCCCCNC(=O)[C@@H](CO)NC(=O)N[C@H](CC(N)=O)C(=O)NNC1=O. The van der Waals surface area contributed by atoms with E-state index in [-0.39, 0.29) is 6.42 Å². The summed E-state index contributed by atoms with van der Waals surface area (Å²) in [5.74, 6) is -4.04. The molecule has 15 heteroatoms. The summed E-state index contributed by atoms with van der Waals surface area (Å²) in [6, 6.07) is -5.29. The van der Waals surface area contributed by atoms with Gasteiger partial charge >= 0.3 is 6.03 Å². The zero-order valence-electron chi connectivity index (χ0n) is 19.6. The van der Waals surface area contributed by atoms with Crippen LogP contribution in [-0.2, 0) is 24.0 Å². The second-order valence-electron chi connectivity index (χ2n) is 8.15. The third kappa shape index (κ3) is 11.5. The molecule has 0 aliphatic carbocycles. The highest BCUT2D eigenvalue weighted by molar-refractivity contribution is 5.94. The first kappa shape index (κ1) is 29.6. The summed E-state index contributed by atoms with van der Waals surface area (Å²) in [6.07, 6.45) is 1.64. The second kappa shape index (κ2) is 15.4. The molecule has 0 saturated carbocycles. The van der Waals surface area contributed by atoms with Crippen molar-refractivity contribution in [1.82, 2.24) is 32.1 Å². The predicted molar refractivity (Wildman–Crippen MR) is 121 cm³/mol. The Bertz CT molecular complexity index is 777. The molecule has 0 aromatic rings.